The highest BCUT2D eigenvalue weighted by molar-refractivity contribution is 5.73. The van der Waals surface area contributed by atoms with Crippen molar-refractivity contribution in [2.24, 2.45) is 0 Å². The highest BCUT2D eigenvalue weighted by Crippen LogP contribution is 2.19. The average Bonchev–Trinajstić information content (AvgIpc) is 3.32. The summed E-state index contributed by atoms with van der Waals surface area (Å²) in [4.78, 5) is 15.8. The van der Waals surface area contributed by atoms with Crippen molar-refractivity contribution in [2.75, 3.05) is 6.54 Å². The molecule has 0 bridgehead atoms. The van der Waals surface area contributed by atoms with E-state index in [1.165, 1.54) is 12.6 Å². The van der Waals surface area contributed by atoms with Crippen molar-refractivity contribution in [2.45, 2.75) is 19.1 Å². The minimum absolute atomic E-state index is 0.0393. The minimum Gasteiger partial charge on any atom is -0.466 e. The molecule has 0 aliphatic rings. The fourth-order valence-electron chi connectivity index (χ4n) is 2.28. The van der Waals surface area contributed by atoms with Gasteiger partial charge in [0.15, 0.2) is 0 Å². The van der Waals surface area contributed by atoms with Gasteiger partial charge in [-0.3, -0.25) is 0 Å². The van der Waals surface area contributed by atoms with Crippen LogP contribution in [0.4, 0.5) is 4.79 Å². The second-order valence-electron chi connectivity index (χ2n) is 5.79. The summed E-state index contributed by atoms with van der Waals surface area (Å²) < 4.78 is 6.82. The molecule has 1 aromatic carbocycles. The Bertz CT molecular complexity index is 795. The molecule has 3 N–H and O–H groups in total. The summed E-state index contributed by atoms with van der Waals surface area (Å²) in [5.74, 6) is 0.400. The van der Waals surface area contributed by atoms with Gasteiger partial charge in [-0.25, -0.2) is 14.5 Å². The Balaban J connectivity index is 1.47. The summed E-state index contributed by atoms with van der Waals surface area (Å²) in [7, 11) is 0. The lowest BCUT2D eigenvalue weighted by molar-refractivity contribution is 0.0367. The van der Waals surface area contributed by atoms with Gasteiger partial charge in [-0.05, 0) is 36.8 Å². The third-order valence-corrected chi connectivity index (χ3v) is 3.72. The van der Waals surface area contributed by atoms with Crippen LogP contribution in [0, 0.1) is 0 Å². The molecule has 0 spiro atoms. The lowest BCUT2D eigenvalue weighted by atomic mass is 10.0. The molecule has 3 aromatic rings. The largest absolute Gasteiger partial charge is 0.466 e. The van der Waals surface area contributed by atoms with Crippen molar-refractivity contribution in [3.8, 4) is 5.69 Å². The standard InChI is InChI=1S/C17H19N5O3/c1-17(24,15-3-2-8-25-15)10-20-16(23)19-9-13-4-6-14(7-5-13)22-12-18-11-21-22/h2-8,11-12,24H,9-10H2,1H3,(H2,19,20,23). The first-order valence-corrected chi connectivity index (χ1v) is 7.76. The van der Waals surface area contributed by atoms with Gasteiger partial charge in [0.1, 0.15) is 24.0 Å². The number of urea groups is 1. The summed E-state index contributed by atoms with van der Waals surface area (Å²) in [5, 5.41) is 19.7. The van der Waals surface area contributed by atoms with Crippen molar-refractivity contribution in [3.63, 3.8) is 0 Å². The van der Waals surface area contributed by atoms with Gasteiger partial charge in [-0.2, -0.15) is 5.10 Å². The van der Waals surface area contributed by atoms with E-state index in [1.807, 2.05) is 24.3 Å². The molecule has 0 saturated heterocycles. The first kappa shape index (κ1) is 16.7. The van der Waals surface area contributed by atoms with E-state index in [0.717, 1.165) is 11.3 Å². The van der Waals surface area contributed by atoms with E-state index >= 15 is 0 Å². The predicted octanol–water partition coefficient (Wildman–Crippen LogP) is 1.57. The van der Waals surface area contributed by atoms with Crippen LogP contribution in [0.5, 0.6) is 0 Å². The number of nitrogens with zero attached hydrogens (tertiary/aromatic N) is 3. The molecule has 0 aliphatic carbocycles. The van der Waals surface area contributed by atoms with Gasteiger partial charge in [0.2, 0.25) is 0 Å². The summed E-state index contributed by atoms with van der Waals surface area (Å²) in [6.07, 6.45) is 4.57. The van der Waals surface area contributed by atoms with E-state index in [4.69, 9.17) is 4.42 Å². The van der Waals surface area contributed by atoms with E-state index in [9.17, 15) is 9.90 Å². The fourth-order valence-corrected chi connectivity index (χ4v) is 2.28. The lowest BCUT2D eigenvalue weighted by Crippen LogP contribution is -2.43. The Morgan fingerprint density at radius 3 is 2.72 bits per heavy atom. The van der Waals surface area contributed by atoms with Crippen LogP contribution in [0.3, 0.4) is 0 Å². The van der Waals surface area contributed by atoms with Crippen molar-refractivity contribution < 1.29 is 14.3 Å². The van der Waals surface area contributed by atoms with Crippen LogP contribution in [0.25, 0.3) is 5.69 Å². The number of carbonyl (C=O) groups is 1. The number of hydrogen-bond acceptors (Lipinski definition) is 5. The quantitative estimate of drug-likeness (QED) is 0.631. The molecule has 130 valence electrons. The summed E-state index contributed by atoms with van der Waals surface area (Å²) in [5.41, 5.74) is 0.567. The SMILES string of the molecule is CC(O)(CNC(=O)NCc1ccc(-n2cncn2)cc1)c1ccco1. The second kappa shape index (κ2) is 7.18. The van der Waals surface area contributed by atoms with Crippen LogP contribution < -0.4 is 10.6 Å². The van der Waals surface area contributed by atoms with E-state index < -0.39 is 5.60 Å². The van der Waals surface area contributed by atoms with Crippen LogP contribution >= 0.6 is 0 Å². The van der Waals surface area contributed by atoms with Gasteiger partial charge in [0.05, 0.1) is 18.5 Å². The molecule has 0 saturated carbocycles. The number of nitrogens with one attached hydrogen (secondary N) is 2. The van der Waals surface area contributed by atoms with E-state index in [2.05, 4.69) is 20.7 Å². The van der Waals surface area contributed by atoms with Crippen molar-refractivity contribution in [1.82, 2.24) is 25.4 Å². The average molecular weight is 341 g/mol. The summed E-state index contributed by atoms with van der Waals surface area (Å²) >= 11 is 0. The molecular formula is C17H19N5O3. The topological polar surface area (TPSA) is 105 Å². The Labute approximate surface area is 144 Å². The first-order valence-electron chi connectivity index (χ1n) is 7.76. The number of hydrogen-bond donors (Lipinski definition) is 3. The Morgan fingerprint density at radius 2 is 2.08 bits per heavy atom. The maximum absolute atomic E-state index is 11.9. The lowest BCUT2D eigenvalue weighted by Gasteiger charge is -2.21. The smallest absolute Gasteiger partial charge is 0.315 e. The molecule has 25 heavy (non-hydrogen) atoms. The Kier molecular flexibility index (Phi) is 4.80. The number of rotatable bonds is 6. The van der Waals surface area contributed by atoms with E-state index in [1.54, 1.807) is 30.1 Å². The third kappa shape index (κ3) is 4.24. The van der Waals surface area contributed by atoms with E-state index in [-0.39, 0.29) is 12.6 Å². The Hall–Kier alpha value is -3.13. The molecule has 1 unspecified atom stereocenters. The molecule has 1 atom stereocenters. The summed E-state index contributed by atoms with van der Waals surface area (Å²) in [6.45, 7) is 1.99. The third-order valence-electron chi connectivity index (χ3n) is 3.72. The minimum atomic E-state index is -1.26. The zero-order chi connectivity index (χ0) is 17.7. The van der Waals surface area contributed by atoms with Crippen molar-refractivity contribution >= 4 is 6.03 Å². The molecule has 0 radical (unpaired) electrons. The van der Waals surface area contributed by atoms with Gasteiger partial charge in [0, 0.05) is 6.54 Å². The molecule has 0 aliphatic heterocycles. The van der Waals surface area contributed by atoms with Gasteiger partial charge in [0.25, 0.3) is 0 Å². The highest BCUT2D eigenvalue weighted by atomic mass is 16.4. The van der Waals surface area contributed by atoms with Crippen LogP contribution in [0.15, 0.2) is 59.7 Å². The molecule has 8 nitrogen and oxygen atoms in total. The monoisotopic (exact) mass is 341 g/mol. The predicted molar refractivity (Wildman–Crippen MR) is 89.9 cm³/mol. The van der Waals surface area contributed by atoms with Crippen LogP contribution in [0.1, 0.15) is 18.2 Å². The maximum Gasteiger partial charge on any atom is 0.315 e. The van der Waals surface area contributed by atoms with Crippen LogP contribution in [-0.2, 0) is 12.1 Å². The second-order valence-corrected chi connectivity index (χ2v) is 5.79. The molecule has 2 amide bonds. The Morgan fingerprint density at radius 1 is 1.28 bits per heavy atom. The highest BCUT2D eigenvalue weighted by Gasteiger charge is 2.26. The van der Waals surface area contributed by atoms with Crippen LogP contribution in [-0.4, -0.2) is 32.4 Å². The number of benzene rings is 1. The number of furan rings is 1. The van der Waals surface area contributed by atoms with Gasteiger partial charge < -0.3 is 20.2 Å². The van der Waals surface area contributed by atoms with Crippen molar-refractivity contribution in [1.29, 1.82) is 0 Å². The zero-order valence-corrected chi connectivity index (χ0v) is 13.7. The number of carbonyl (C=O) groups excluding carboxylic acids is 1. The molecule has 0 fully saturated rings. The summed E-state index contributed by atoms with van der Waals surface area (Å²) in [6, 6.07) is 10.6. The molecular weight excluding hydrogens is 322 g/mol. The molecule has 2 heterocycles. The molecule has 3 rings (SSSR count). The van der Waals surface area contributed by atoms with E-state index in [0.29, 0.717) is 12.3 Å². The normalized spacial score (nSPS) is 13.2. The van der Waals surface area contributed by atoms with Crippen molar-refractivity contribution in [3.05, 3.63) is 66.6 Å². The zero-order valence-electron chi connectivity index (χ0n) is 13.7. The number of aromatic nitrogens is 3. The maximum atomic E-state index is 11.9. The number of amides is 2. The fraction of sp³-hybridized carbons (Fsp3) is 0.235. The van der Waals surface area contributed by atoms with Gasteiger partial charge in [-0.15, -0.1) is 0 Å². The number of aliphatic hydroxyl groups is 1. The van der Waals surface area contributed by atoms with Crippen LogP contribution in [0.2, 0.25) is 0 Å². The first-order chi connectivity index (χ1) is 12.0. The van der Waals surface area contributed by atoms with Gasteiger partial charge in [-0.1, -0.05) is 12.1 Å². The van der Waals surface area contributed by atoms with Gasteiger partial charge >= 0.3 is 6.03 Å². The molecule has 2 aromatic heterocycles. The molecule has 8 heteroatoms.